The summed E-state index contributed by atoms with van der Waals surface area (Å²) in [6.07, 6.45) is 3.67. The molecular weight excluding hydrogens is 236 g/mol. The Balaban J connectivity index is 2.55. The fourth-order valence-corrected chi connectivity index (χ4v) is 2.22. The van der Waals surface area contributed by atoms with Gasteiger partial charge in [-0.25, -0.2) is 0 Å². The molecule has 0 bridgehead atoms. The Bertz CT molecular complexity index is 719. The highest BCUT2D eigenvalue weighted by atomic mass is 32.2. The van der Waals surface area contributed by atoms with Crippen LogP contribution in [0.15, 0.2) is 17.4 Å². The molecule has 17 heavy (non-hydrogen) atoms. The van der Waals surface area contributed by atoms with Gasteiger partial charge in [-0.05, 0) is 24.8 Å². The number of nitrogen functional groups attached to an aromatic ring is 1. The Kier molecular flexibility index (Phi) is 2.15. The van der Waals surface area contributed by atoms with E-state index in [4.69, 9.17) is 5.73 Å². The molecule has 0 amide bonds. The van der Waals surface area contributed by atoms with E-state index in [1.807, 2.05) is 19.2 Å². The highest BCUT2D eigenvalue weighted by Gasteiger charge is 2.13. The maximum Gasteiger partial charge on any atom is 0.224 e. The molecule has 3 rings (SSSR count). The van der Waals surface area contributed by atoms with Gasteiger partial charge in [0.25, 0.3) is 0 Å². The van der Waals surface area contributed by atoms with Gasteiger partial charge in [-0.3, -0.25) is 4.98 Å². The van der Waals surface area contributed by atoms with Crippen molar-refractivity contribution in [1.29, 1.82) is 0 Å². The number of hydrogen-bond donors (Lipinski definition) is 1. The molecule has 0 aromatic carbocycles. The summed E-state index contributed by atoms with van der Waals surface area (Å²) in [6.45, 7) is 1.99. The number of anilines is 1. The van der Waals surface area contributed by atoms with E-state index in [-0.39, 0.29) is 5.95 Å². The normalized spacial score (nSPS) is 11.4. The zero-order valence-electron chi connectivity index (χ0n) is 9.38. The second-order valence-corrected chi connectivity index (χ2v) is 4.40. The summed E-state index contributed by atoms with van der Waals surface area (Å²) in [6, 6.07) is 1.92. The predicted octanol–water partition coefficient (Wildman–Crippen LogP) is 1.29. The summed E-state index contributed by atoms with van der Waals surface area (Å²) >= 11 is 1.48. The summed E-state index contributed by atoms with van der Waals surface area (Å²) in [7, 11) is 0. The number of nitrogens with zero attached hydrogens (tertiary/aromatic N) is 5. The predicted molar refractivity (Wildman–Crippen MR) is 67.0 cm³/mol. The molecule has 0 aliphatic rings. The number of nitrogens with two attached hydrogens (primary N) is 1. The van der Waals surface area contributed by atoms with Crippen LogP contribution in [0.1, 0.15) is 5.56 Å². The standard InChI is InChI=1S/C10H10N6S/c1-5-3-4-12-7-6(5)15-16-8(7)13-9(11)14-10(16)17-2/h3-4H,1-2H3,(H2,11,13). The van der Waals surface area contributed by atoms with Crippen molar-refractivity contribution >= 4 is 34.4 Å². The Morgan fingerprint density at radius 3 is 2.88 bits per heavy atom. The minimum Gasteiger partial charge on any atom is -0.368 e. The number of fused-ring (bicyclic) bond motifs is 3. The molecule has 0 radical (unpaired) electrons. The molecule has 0 saturated carbocycles. The van der Waals surface area contributed by atoms with Gasteiger partial charge < -0.3 is 5.73 Å². The lowest BCUT2D eigenvalue weighted by Crippen LogP contribution is -2.03. The van der Waals surface area contributed by atoms with Gasteiger partial charge in [0, 0.05) is 6.20 Å². The van der Waals surface area contributed by atoms with E-state index in [9.17, 15) is 0 Å². The van der Waals surface area contributed by atoms with Crippen LogP contribution in [-0.4, -0.2) is 30.8 Å². The fraction of sp³-hybridized carbons (Fsp3) is 0.200. The maximum atomic E-state index is 5.68. The number of thioether (sulfide) groups is 1. The van der Waals surface area contributed by atoms with E-state index in [2.05, 4.69) is 20.1 Å². The molecule has 0 spiro atoms. The minimum absolute atomic E-state index is 0.243. The van der Waals surface area contributed by atoms with Crippen molar-refractivity contribution in [2.24, 2.45) is 0 Å². The topological polar surface area (TPSA) is 82.0 Å². The number of aromatic nitrogens is 5. The van der Waals surface area contributed by atoms with Gasteiger partial charge in [-0.15, -0.1) is 0 Å². The van der Waals surface area contributed by atoms with Gasteiger partial charge in [0.2, 0.25) is 5.95 Å². The van der Waals surface area contributed by atoms with Gasteiger partial charge in [0.15, 0.2) is 10.8 Å². The van der Waals surface area contributed by atoms with Crippen LogP contribution >= 0.6 is 11.8 Å². The molecule has 0 atom stereocenters. The molecule has 0 fully saturated rings. The van der Waals surface area contributed by atoms with Crippen molar-refractivity contribution in [2.75, 3.05) is 12.0 Å². The van der Waals surface area contributed by atoms with Crippen molar-refractivity contribution in [2.45, 2.75) is 12.1 Å². The molecule has 0 aliphatic heterocycles. The molecule has 0 saturated heterocycles. The molecule has 2 N–H and O–H groups in total. The quantitative estimate of drug-likeness (QED) is 0.651. The van der Waals surface area contributed by atoms with Crippen LogP contribution in [0.2, 0.25) is 0 Å². The average Bonchev–Trinajstić information content (AvgIpc) is 2.68. The Morgan fingerprint density at radius 1 is 1.29 bits per heavy atom. The lowest BCUT2D eigenvalue weighted by atomic mass is 10.2. The SMILES string of the molecule is CSc1nc(N)nc2c3nccc(C)c3nn12. The number of aryl methyl sites for hydroxylation is 1. The van der Waals surface area contributed by atoms with Gasteiger partial charge in [-0.1, -0.05) is 11.8 Å². The highest BCUT2D eigenvalue weighted by molar-refractivity contribution is 7.98. The second-order valence-electron chi connectivity index (χ2n) is 3.63. The van der Waals surface area contributed by atoms with Crippen LogP contribution in [0, 0.1) is 6.92 Å². The zero-order chi connectivity index (χ0) is 12.0. The second kappa shape index (κ2) is 3.56. The van der Waals surface area contributed by atoms with E-state index in [1.165, 1.54) is 11.8 Å². The van der Waals surface area contributed by atoms with Crippen molar-refractivity contribution in [3.63, 3.8) is 0 Å². The summed E-state index contributed by atoms with van der Waals surface area (Å²) in [5, 5.41) is 5.19. The third-order valence-electron chi connectivity index (χ3n) is 2.53. The average molecular weight is 246 g/mol. The lowest BCUT2D eigenvalue weighted by Gasteiger charge is -1.99. The first-order valence-corrected chi connectivity index (χ1v) is 6.24. The maximum absolute atomic E-state index is 5.68. The van der Waals surface area contributed by atoms with Gasteiger partial charge in [0.05, 0.1) is 0 Å². The molecular formula is C10H10N6S. The lowest BCUT2D eigenvalue weighted by molar-refractivity contribution is 0.786. The van der Waals surface area contributed by atoms with Crippen LogP contribution in [0.5, 0.6) is 0 Å². The Labute approximate surface area is 101 Å². The van der Waals surface area contributed by atoms with E-state index < -0.39 is 0 Å². The first kappa shape index (κ1) is 10.3. The molecule has 86 valence electrons. The molecule has 3 heterocycles. The van der Waals surface area contributed by atoms with Gasteiger partial charge >= 0.3 is 0 Å². The van der Waals surface area contributed by atoms with E-state index in [1.54, 1.807) is 10.7 Å². The molecule has 6 nitrogen and oxygen atoms in total. The summed E-state index contributed by atoms with van der Waals surface area (Å²) in [4.78, 5) is 12.7. The molecule has 3 aromatic rings. The van der Waals surface area contributed by atoms with E-state index >= 15 is 0 Å². The monoisotopic (exact) mass is 246 g/mol. The van der Waals surface area contributed by atoms with Crippen LogP contribution < -0.4 is 5.73 Å². The van der Waals surface area contributed by atoms with Crippen molar-refractivity contribution in [1.82, 2.24) is 24.6 Å². The molecule has 3 aromatic heterocycles. The number of hydrogen-bond acceptors (Lipinski definition) is 6. The molecule has 7 heteroatoms. The van der Waals surface area contributed by atoms with Gasteiger partial charge in [0.1, 0.15) is 11.0 Å². The van der Waals surface area contributed by atoms with Crippen molar-refractivity contribution < 1.29 is 0 Å². The van der Waals surface area contributed by atoms with Crippen molar-refractivity contribution in [3.05, 3.63) is 17.8 Å². The van der Waals surface area contributed by atoms with E-state index in [0.717, 1.165) is 16.6 Å². The van der Waals surface area contributed by atoms with Crippen LogP contribution in [0.3, 0.4) is 0 Å². The van der Waals surface area contributed by atoms with Crippen LogP contribution in [0.25, 0.3) is 16.7 Å². The van der Waals surface area contributed by atoms with E-state index in [0.29, 0.717) is 10.8 Å². The number of pyridine rings is 1. The first-order valence-electron chi connectivity index (χ1n) is 5.02. The smallest absolute Gasteiger partial charge is 0.224 e. The minimum atomic E-state index is 0.243. The zero-order valence-corrected chi connectivity index (χ0v) is 10.2. The Hall–Kier alpha value is -1.89. The Morgan fingerprint density at radius 2 is 2.12 bits per heavy atom. The molecule has 0 aliphatic carbocycles. The third-order valence-corrected chi connectivity index (χ3v) is 3.16. The van der Waals surface area contributed by atoms with Gasteiger partial charge in [-0.2, -0.15) is 19.6 Å². The first-order chi connectivity index (χ1) is 8.20. The largest absolute Gasteiger partial charge is 0.368 e. The van der Waals surface area contributed by atoms with Crippen molar-refractivity contribution in [3.8, 4) is 0 Å². The van der Waals surface area contributed by atoms with Crippen LogP contribution in [-0.2, 0) is 0 Å². The highest BCUT2D eigenvalue weighted by Crippen LogP contribution is 2.22. The number of rotatable bonds is 1. The third kappa shape index (κ3) is 1.42. The van der Waals surface area contributed by atoms with Crippen LogP contribution in [0.4, 0.5) is 5.95 Å². The summed E-state index contributed by atoms with van der Waals surface area (Å²) in [5.41, 5.74) is 8.99. The molecule has 0 unspecified atom stereocenters. The summed E-state index contributed by atoms with van der Waals surface area (Å²) in [5.74, 6) is 0.243. The summed E-state index contributed by atoms with van der Waals surface area (Å²) < 4.78 is 1.69. The fourth-order valence-electron chi connectivity index (χ4n) is 1.73.